The SMILES string of the molecule is Fc1cc(Br)cc2c1CNC2. The largest absolute Gasteiger partial charge is 0.308 e. The van der Waals surface area contributed by atoms with Gasteiger partial charge in [-0.2, -0.15) is 0 Å². The monoisotopic (exact) mass is 215 g/mol. The molecule has 0 unspecified atom stereocenters. The van der Waals surface area contributed by atoms with Gasteiger partial charge in [0, 0.05) is 23.1 Å². The highest BCUT2D eigenvalue weighted by molar-refractivity contribution is 9.10. The Balaban J connectivity index is 2.60. The molecule has 1 N–H and O–H groups in total. The van der Waals surface area contributed by atoms with Crippen molar-refractivity contribution in [3.63, 3.8) is 0 Å². The molecule has 0 atom stereocenters. The molecule has 2 rings (SSSR count). The summed E-state index contributed by atoms with van der Waals surface area (Å²) in [6.45, 7) is 1.44. The number of fused-ring (bicyclic) bond motifs is 1. The minimum Gasteiger partial charge on any atom is -0.308 e. The van der Waals surface area contributed by atoms with Crippen LogP contribution in [0.3, 0.4) is 0 Å². The summed E-state index contributed by atoms with van der Waals surface area (Å²) in [6.07, 6.45) is 0. The maximum atomic E-state index is 13.1. The number of nitrogens with one attached hydrogen (secondary N) is 1. The molecule has 1 aromatic rings. The first-order valence-electron chi connectivity index (χ1n) is 3.45. The quantitative estimate of drug-likeness (QED) is 0.700. The van der Waals surface area contributed by atoms with Gasteiger partial charge in [-0.25, -0.2) is 4.39 Å². The van der Waals surface area contributed by atoms with E-state index < -0.39 is 0 Å². The van der Waals surface area contributed by atoms with Crippen LogP contribution in [0.25, 0.3) is 0 Å². The zero-order valence-electron chi connectivity index (χ0n) is 5.82. The van der Waals surface area contributed by atoms with E-state index in [9.17, 15) is 4.39 Å². The van der Waals surface area contributed by atoms with Gasteiger partial charge in [0.05, 0.1) is 0 Å². The van der Waals surface area contributed by atoms with Crippen molar-refractivity contribution < 1.29 is 4.39 Å². The molecule has 58 valence electrons. The van der Waals surface area contributed by atoms with E-state index in [-0.39, 0.29) is 5.82 Å². The highest BCUT2D eigenvalue weighted by atomic mass is 79.9. The lowest BCUT2D eigenvalue weighted by molar-refractivity contribution is 0.607. The Morgan fingerprint density at radius 2 is 2.18 bits per heavy atom. The third kappa shape index (κ3) is 1.19. The molecule has 0 aliphatic carbocycles. The molecule has 0 saturated heterocycles. The van der Waals surface area contributed by atoms with Gasteiger partial charge in [0.1, 0.15) is 5.82 Å². The fraction of sp³-hybridized carbons (Fsp3) is 0.250. The molecule has 11 heavy (non-hydrogen) atoms. The second-order valence-electron chi connectivity index (χ2n) is 2.63. The van der Waals surface area contributed by atoms with Gasteiger partial charge in [-0.3, -0.25) is 0 Å². The summed E-state index contributed by atoms with van der Waals surface area (Å²) in [5, 5.41) is 3.09. The molecule has 1 nitrogen and oxygen atoms in total. The standard InChI is InChI=1S/C8H7BrFN/c9-6-1-5-3-11-4-7(5)8(10)2-6/h1-2,11H,3-4H2. The summed E-state index contributed by atoms with van der Waals surface area (Å²) in [7, 11) is 0. The third-order valence-corrected chi connectivity index (χ3v) is 2.33. The van der Waals surface area contributed by atoms with Crippen molar-refractivity contribution in [3.05, 3.63) is 33.5 Å². The van der Waals surface area contributed by atoms with E-state index >= 15 is 0 Å². The smallest absolute Gasteiger partial charge is 0.129 e. The fourth-order valence-corrected chi connectivity index (χ4v) is 1.81. The molecule has 0 spiro atoms. The Labute approximate surface area is 72.7 Å². The van der Waals surface area contributed by atoms with Gasteiger partial charge in [0.2, 0.25) is 0 Å². The van der Waals surface area contributed by atoms with Crippen molar-refractivity contribution in [2.75, 3.05) is 0 Å². The fourth-order valence-electron chi connectivity index (χ4n) is 1.33. The van der Waals surface area contributed by atoms with Crippen LogP contribution >= 0.6 is 15.9 Å². The molecule has 1 aromatic carbocycles. The zero-order chi connectivity index (χ0) is 7.84. The minimum atomic E-state index is -0.112. The van der Waals surface area contributed by atoms with E-state index in [0.29, 0.717) is 6.54 Å². The molecule has 0 saturated carbocycles. The summed E-state index contributed by atoms with van der Waals surface area (Å²) >= 11 is 3.25. The van der Waals surface area contributed by atoms with Gasteiger partial charge in [-0.1, -0.05) is 15.9 Å². The highest BCUT2D eigenvalue weighted by Gasteiger charge is 2.14. The lowest BCUT2D eigenvalue weighted by Crippen LogP contribution is -2.00. The Morgan fingerprint density at radius 1 is 1.36 bits per heavy atom. The lowest BCUT2D eigenvalue weighted by Gasteiger charge is -1.99. The molecule has 1 heterocycles. The van der Waals surface area contributed by atoms with E-state index in [1.807, 2.05) is 6.07 Å². The maximum absolute atomic E-state index is 13.1. The number of hydrogen-bond acceptors (Lipinski definition) is 1. The van der Waals surface area contributed by atoms with Gasteiger partial charge in [-0.05, 0) is 17.7 Å². The number of hydrogen-bond donors (Lipinski definition) is 1. The minimum absolute atomic E-state index is 0.112. The number of halogens is 2. The van der Waals surface area contributed by atoms with Crippen LogP contribution in [0.1, 0.15) is 11.1 Å². The van der Waals surface area contributed by atoms with E-state index in [1.54, 1.807) is 0 Å². The van der Waals surface area contributed by atoms with Gasteiger partial charge in [0.15, 0.2) is 0 Å². The average Bonchev–Trinajstić information content (AvgIpc) is 2.34. The predicted octanol–water partition coefficient (Wildman–Crippen LogP) is 2.19. The second kappa shape index (κ2) is 2.57. The lowest BCUT2D eigenvalue weighted by atomic mass is 10.1. The molecule has 0 bridgehead atoms. The molecule has 1 aliphatic heterocycles. The number of benzene rings is 1. The van der Waals surface area contributed by atoms with E-state index in [1.165, 1.54) is 6.07 Å². The Bertz CT molecular complexity index is 298. The first-order valence-corrected chi connectivity index (χ1v) is 4.24. The summed E-state index contributed by atoms with van der Waals surface area (Å²) in [6, 6.07) is 3.46. The first kappa shape index (κ1) is 7.25. The topological polar surface area (TPSA) is 12.0 Å². The molecular formula is C8H7BrFN. The average molecular weight is 216 g/mol. The Kier molecular flexibility index (Phi) is 1.69. The van der Waals surface area contributed by atoms with Crippen LogP contribution in [-0.2, 0) is 13.1 Å². The maximum Gasteiger partial charge on any atom is 0.129 e. The highest BCUT2D eigenvalue weighted by Crippen LogP contribution is 2.23. The van der Waals surface area contributed by atoms with Gasteiger partial charge >= 0.3 is 0 Å². The predicted molar refractivity (Wildman–Crippen MR) is 44.6 cm³/mol. The van der Waals surface area contributed by atoms with Crippen LogP contribution in [0.2, 0.25) is 0 Å². The molecule has 0 radical (unpaired) electrons. The molecule has 3 heteroatoms. The van der Waals surface area contributed by atoms with Crippen LogP contribution in [0, 0.1) is 5.82 Å². The number of rotatable bonds is 0. The second-order valence-corrected chi connectivity index (χ2v) is 3.54. The van der Waals surface area contributed by atoms with Gasteiger partial charge in [0.25, 0.3) is 0 Å². The Morgan fingerprint density at radius 3 is 3.00 bits per heavy atom. The van der Waals surface area contributed by atoms with Crippen molar-refractivity contribution in [1.82, 2.24) is 5.32 Å². The Hall–Kier alpha value is -0.410. The summed E-state index contributed by atoms with van der Waals surface area (Å²) in [5.41, 5.74) is 1.88. The van der Waals surface area contributed by atoms with E-state index in [2.05, 4.69) is 21.2 Å². The summed E-state index contributed by atoms with van der Waals surface area (Å²) < 4.78 is 13.9. The normalized spacial score (nSPS) is 15.1. The van der Waals surface area contributed by atoms with Crippen LogP contribution in [0.5, 0.6) is 0 Å². The van der Waals surface area contributed by atoms with Crippen molar-refractivity contribution in [2.45, 2.75) is 13.1 Å². The van der Waals surface area contributed by atoms with Crippen molar-refractivity contribution >= 4 is 15.9 Å². The summed E-state index contributed by atoms with van der Waals surface area (Å²) in [4.78, 5) is 0. The molecule has 0 aromatic heterocycles. The van der Waals surface area contributed by atoms with Crippen molar-refractivity contribution in [3.8, 4) is 0 Å². The zero-order valence-corrected chi connectivity index (χ0v) is 7.41. The first-order chi connectivity index (χ1) is 5.27. The third-order valence-electron chi connectivity index (χ3n) is 1.87. The van der Waals surface area contributed by atoms with Crippen LogP contribution in [-0.4, -0.2) is 0 Å². The van der Waals surface area contributed by atoms with Crippen LogP contribution < -0.4 is 5.32 Å². The van der Waals surface area contributed by atoms with Gasteiger partial charge < -0.3 is 5.32 Å². The molecule has 1 aliphatic rings. The molecular weight excluding hydrogens is 209 g/mol. The summed E-state index contributed by atoms with van der Waals surface area (Å²) in [5.74, 6) is -0.112. The van der Waals surface area contributed by atoms with Crippen LogP contribution in [0.4, 0.5) is 4.39 Å². The molecule has 0 fully saturated rings. The molecule has 0 amide bonds. The van der Waals surface area contributed by atoms with Gasteiger partial charge in [-0.15, -0.1) is 0 Å². The van der Waals surface area contributed by atoms with Crippen molar-refractivity contribution in [2.24, 2.45) is 0 Å². The van der Waals surface area contributed by atoms with E-state index in [4.69, 9.17) is 0 Å². The van der Waals surface area contributed by atoms with E-state index in [0.717, 1.165) is 22.1 Å². The van der Waals surface area contributed by atoms with Crippen molar-refractivity contribution in [1.29, 1.82) is 0 Å². The van der Waals surface area contributed by atoms with Crippen LogP contribution in [0.15, 0.2) is 16.6 Å².